The van der Waals surface area contributed by atoms with Crippen LogP contribution in [0.1, 0.15) is 11.7 Å². The van der Waals surface area contributed by atoms with Crippen LogP contribution in [0.25, 0.3) is 22.4 Å². The topological polar surface area (TPSA) is 84.6 Å². The van der Waals surface area contributed by atoms with Crippen LogP contribution in [0.2, 0.25) is 0 Å². The molecule has 0 amide bonds. The number of hydrogen-bond acceptors (Lipinski definition) is 7. The highest BCUT2D eigenvalue weighted by Crippen LogP contribution is 2.25. The van der Waals surface area contributed by atoms with E-state index in [2.05, 4.69) is 30.3 Å². The van der Waals surface area contributed by atoms with E-state index in [4.69, 9.17) is 4.98 Å². The minimum absolute atomic E-state index is 0.104. The van der Waals surface area contributed by atoms with E-state index in [1.54, 1.807) is 23.3 Å². The Hall–Kier alpha value is -3.39. The van der Waals surface area contributed by atoms with Gasteiger partial charge in [-0.05, 0) is 38.4 Å². The standard InChI is InChI=1S/C20H22N8/c1-27(2)17(16-6-4-5-9-22-16)13-23-19-15-12-24-28(3)20(15)26-18(25-19)14-7-10-21-11-8-14/h4-12,17H,13H2,1-3H3,(H,23,25,26). The summed E-state index contributed by atoms with van der Waals surface area (Å²) in [4.78, 5) is 20.2. The van der Waals surface area contributed by atoms with Crippen LogP contribution < -0.4 is 5.32 Å². The number of aryl methyl sites for hydroxylation is 1. The quantitative estimate of drug-likeness (QED) is 0.555. The first-order valence-electron chi connectivity index (χ1n) is 9.05. The molecule has 0 aliphatic rings. The third-order valence-corrected chi connectivity index (χ3v) is 4.65. The number of nitrogens with one attached hydrogen (secondary N) is 1. The summed E-state index contributed by atoms with van der Waals surface area (Å²) in [6.07, 6.45) is 7.08. The summed E-state index contributed by atoms with van der Waals surface area (Å²) in [5.41, 5.74) is 2.70. The molecule has 0 saturated carbocycles. The highest BCUT2D eigenvalue weighted by atomic mass is 15.3. The summed E-state index contributed by atoms with van der Waals surface area (Å²) in [5, 5.41) is 8.73. The maximum atomic E-state index is 4.77. The SMILES string of the molecule is CN(C)C(CNc1nc(-c2ccncc2)nc2c1cnn2C)c1ccccn1. The van der Waals surface area contributed by atoms with Gasteiger partial charge in [0.05, 0.1) is 23.3 Å². The molecule has 4 rings (SSSR count). The first-order valence-corrected chi connectivity index (χ1v) is 9.05. The summed E-state index contributed by atoms with van der Waals surface area (Å²) in [7, 11) is 5.97. The number of aromatic nitrogens is 6. The summed E-state index contributed by atoms with van der Waals surface area (Å²) < 4.78 is 1.76. The van der Waals surface area contributed by atoms with E-state index in [-0.39, 0.29) is 6.04 Å². The van der Waals surface area contributed by atoms with Gasteiger partial charge in [-0.3, -0.25) is 19.5 Å². The molecule has 1 unspecified atom stereocenters. The molecule has 0 spiro atoms. The van der Waals surface area contributed by atoms with Crippen LogP contribution in [0.4, 0.5) is 5.82 Å². The van der Waals surface area contributed by atoms with Gasteiger partial charge in [-0.15, -0.1) is 0 Å². The summed E-state index contributed by atoms with van der Waals surface area (Å²) in [5.74, 6) is 1.40. The Balaban J connectivity index is 1.70. The van der Waals surface area contributed by atoms with Crippen LogP contribution in [0.3, 0.4) is 0 Å². The Morgan fingerprint density at radius 1 is 1.07 bits per heavy atom. The molecule has 0 aliphatic carbocycles. The van der Waals surface area contributed by atoms with Gasteiger partial charge in [0, 0.05) is 37.7 Å². The van der Waals surface area contributed by atoms with Gasteiger partial charge in [0.15, 0.2) is 11.5 Å². The second-order valence-electron chi connectivity index (χ2n) is 6.75. The van der Waals surface area contributed by atoms with Crippen molar-refractivity contribution in [2.75, 3.05) is 26.0 Å². The van der Waals surface area contributed by atoms with Crippen LogP contribution in [0.15, 0.2) is 55.1 Å². The zero-order chi connectivity index (χ0) is 19.5. The number of likely N-dealkylation sites (N-methyl/N-ethyl adjacent to an activating group) is 1. The Bertz CT molecular complexity index is 1060. The third kappa shape index (κ3) is 3.54. The molecule has 0 aliphatic heterocycles. The summed E-state index contributed by atoms with van der Waals surface area (Å²) in [6.45, 7) is 0.654. The maximum Gasteiger partial charge on any atom is 0.164 e. The number of hydrogen-bond donors (Lipinski definition) is 1. The van der Waals surface area contributed by atoms with Crippen molar-refractivity contribution in [3.63, 3.8) is 0 Å². The molecular weight excluding hydrogens is 352 g/mol. The monoisotopic (exact) mass is 374 g/mol. The number of anilines is 1. The lowest BCUT2D eigenvalue weighted by atomic mass is 10.1. The lowest BCUT2D eigenvalue weighted by Crippen LogP contribution is -2.27. The Labute approximate surface area is 163 Å². The van der Waals surface area contributed by atoms with Gasteiger partial charge < -0.3 is 5.32 Å². The number of nitrogens with zero attached hydrogens (tertiary/aromatic N) is 7. The fourth-order valence-corrected chi connectivity index (χ4v) is 3.11. The Morgan fingerprint density at radius 3 is 2.61 bits per heavy atom. The molecule has 0 saturated heterocycles. The van der Waals surface area contributed by atoms with Crippen LogP contribution in [0, 0.1) is 0 Å². The van der Waals surface area contributed by atoms with Crippen molar-refractivity contribution < 1.29 is 0 Å². The second kappa shape index (κ2) is 7.69. The second-order valence-corrected chi connectivity index (χ2v) is 6.75. The molecule has 0 radical (unpaired) electrons. The summed E-state index contributed by atoms with van der Waals surface area (Å²) >= 11 is 0. The van der Waals surface area contributed by atoms with Crippen molar-refractivity contribution in [3.8, 4) is 11.4 Å². The number of fused-ring (bicyclic) bond motifs is 1. The van der Waals surface area contributed by atoms with Crippen molar-refractivity contribution in [1.29, 1.82) is 0 Å². The van der Waals surface area contributed by atoms with Crippen molar-refractivity contribution in [3.05, 3.63) is 60.8 Å². The van der Waals surface area contributed by atoms with Gasteiger partial charge >= 0.3 is 0 Å². The largest absolute Gasteiger partial charge is 0.367 e. The average molecular weight is 374 g/mol. The predicted molar refractivity (Wildman–Crippen MR) is 109 cm³/mol. The van der Waals surface area contributed by atoms with Crippen molar-refractivity contribution in [2.24, 2.45) is 7.05 Å². The van der Waals surface area contributed by atoms with E-state index in [1.807, 2.05) is 57.7 Å². The molecule has 4 aromatic rings. The number of rotatable bonds is 6. The fraction of sp³-hybridized carbons (Fsp3) is 0.250. The Morgan fingerprint density at radius 2 is 1.89 bits per heavy atom. The van der Waals surface area contributed by atoms with E-state index in [1.165, 1.54) is 0 Å². The van der Waals surface area contributed by atoms with Gasteiger partial charge in [0.25, 0.3) is 0 Å². The maximum absolute atomic E-state index is 4.77. The molecule has 28 heavy (non-hydrogen) atoms. The molecule has 4 aromatic heterocycles. The van der Waals surface area contributed by atoms with Gasteiger partial charge in [-0.1, -0.05) is 6.07 Å². The lowest BCUT2D eigenvalue weighted by molar-refractivity contribution is 0.306. The first kappa shape index (κ1) is 18.0. The average Bonchev–Trinajstić information content (AvgIpc) is 3.10. The van der Waals surface area contributed by atoms with Gasteiger partial charge in [-0.25, -0.2) is 9.97 Å². The highest BCUT2D eigenvalue weighted by Gasteiger charge is 2.18. The van der Waals surface area contributed by atoms with Crippen LogP contribution >= 0.6 is 0 Å². The van der Waals surface area contributed by atoms with E-state index in [0.29, 0.717) is 12.4 Å². The van der Waals surface area contributed by atoms with Crippen molar-refractivity contribution in [1.82, 2.24) is 34.6 Å². The minimum Gasteiger partial charge on any atom is -0.367 e. The molecule has 8 nitrogen and oxygen atoms in total. The van der Waals surface area contributed by atoms with Crippen LogP contribution in [-0.2, 0) is 7.05 Å². The zero-order valence-electron chi connectivity index (χ0n) is 16.1. The van der Waals surface area contributed by atoms with Crippen LogP contribution in [-0.4, -0.2) is 55.3 Å². The fourth-order valence-electron chi connectivity index (χ4n) is 3.11. The minimum atomic E-state index is 0.104. The number of pyridine rings is 2. The first-order chi connectivity index (χ1) is 13.6. The Kier molecular flexibility index (Phi) is 4.94. The molecule has 142 valence electrons. The highest BCUT2D eigenvalue weighted by molar-refractivity contribution is 5.88. The van der Waals surface area contributed by atoms with Gasteiger partial charge in [0.2, 0.25) is 0 Å². The van der Waals surface area contributed by atoms with E-state index in [0.717, 1.165) is 28.1 Å². The molecule has 8 heteroatoms. The molecule has 4 heterocycles. The molecule has 0 bridgehead atoms. The van der Waals surface area contributed by atoms with Gasteiger partial charge in [-0.2, -0.15) is 5.10 Å². The molecule has 0 fully saturated rings. The predicted octanol–water partition coefficient (Wildman–Crippen LogP) is 2.54. The molecule has 1 atom stereocenters. The van der Waals surface area contributed by atoms with E-state index < -0.39 is 0 Å². The molecule has 1 N–H and O–H groups in total. The van der Waals surface area contributed by atoms with Crippen LogP contribution in [0.5, 0.6) is 0 Å². The smallest absolute Gasteiger partial charge is 0.164 e. The molecular formula is C20H22N8. The zero-order valence-corrected chi connectivity index (χ0v) is 16.1. The van der Waals surface area contributed by atoms with Crippen molar-refractivity contribution >= 4 is 16.9 Å². The lowest BCUT2D eigenvalue weighted by Gasteiger charge is -2.24. The third-order valence-electron chi connectivity index (χ3n) is 4.65. The van der Waals surface area contributed by atoms with E-state index >= 15 is 0 Å². The summed E-state index contributed by atoms with van der Waals surface area (Å²) in [6, 6.07) is 9.87. The van der Waals surface area contributed by atoms with E-state index in [9.17, 15) is 0 Å². The molecule has 0 aromatic carbocycles. The van der Waals surface area contributed by atoms with Gasteiger partial charge in [0.1, 0.15) is 5.82 Å². The normalized spacial score (nSPS) is 12.4. The van der Waals surface area contributed by atoms with Crippen molar-refractivity contribution in [2.45, 2.75) is 6.04 Å².